The van der Waals surface area contributed by atoms with E-state index < -0.39 is 77.5 Å². The number of thiazole rings is 2. The van der Waals surface area contributed by atoms with E-state index >= 15 is 0 Å². The van der Waals surface area contributed by atoms with Gasteiger partial charge in [-0.1, -0.05) is 22.7 Å². The van der Waals surface area contributed by atoms with E-state index in [0.717, 1.165) is 32.7 Å². The molecule has 24 heteroatoms. The molecule has 4 aromatic rings. The minimum Gasteiger partial charge on any atom is -0.481 e. The monoisotopic (exact) mass is 776 g/mol. The molecule has 2 fully saturated rings. The van der Waals surface area contributed by atoms with Gasteiger partial charge in [0.15, 0.2) is 23.8 Å². The van der Waals surface area contributed by atoms with Crippen molar-refractivity contribution >= 4 is 90.7 Å². The summed E-state index contributed by atoms with van der Waals surface area (Å²) in [5.74, 6) is -2.48. The van der Waals surface area contributed by atoms with Gasteiger partial charge in [0, 0.05) is 0 Å². The number of anilines is 2. The van der Waals surface area contributed by atoms with Crippen LogP contribution in [-0.2, 0) is 19.1 Å². The van der Waals surface area contributed by atoms with E-state index in [4.69, 9.17) is 20.9 Å². The standard InChI is InChI=1S/2C13H16N4O6S2/c2*1-13(2,10(20)21)6-9(23-4(3-18)24-6)17-7-5(25-12(17)22)8(19)16-11(14)15-7/h2*4,6,9,18H,3H2,1-2H3,(H,20,21)(H3,14,15,16,19)/t4-,6+,9+;4-,6-,9-/m00/s1. The second-order valence-electron chi connectivity index (χ2n) is 12.1. The minimum absolute atomic E-state index is 0.0339. The third-order valence-corrected chi connectivity index (χ3v) is 13.3. The highest BCUT2D eigenvalue weighted by Gasteiger charge is 2.52. The molecule has 4 aromatic heterocycles. The number of carboxylic acid groups (broad SMARTS) is 2. The second kappa shape index (κ2) is 13.7. The number of aliphatic hydroxyl groups is 2. The zero-order chi connectivity index (χ0) is 37.0. The van der Waals surface area contributed by atoms with Crippen LogP contribution >= 0.6 is 46.2 Å². The number of nitrogens with two attached hydrogens (primary N) is 2. The summed E-state index contributed by atoms with van der Waals surface area (Å²) in [6.07, 6.45) is -2.02. The molecule has 2 aliphatic rings. The molecule has 0 aromatic carbocycles. The summed E-state index contributed by atoms with van der Waals surface area (Å²) in [7, 11) is 0. The summed E-state index contributed by atoms with van der Waals surface area (Å²) in [6, 6.07) is 0. The Hall–Kier alpha value is -3.78. The molecule has 0 amide bonds. The van der Waals surface area contributed by atoms with Crippen LogP contribution in [-0.4, -0.2) is 96.0 Å². The zero-order valence-electron chi connectivity index (χ0n) is 26.5. The quantitative estimate of drug-likeness (QED) is 0.113. The van der Waals surface area contributed by atoms with Crippen molar-refractivity contribution in [2.75, 3.05) is 24.7 Å². The van der Waals surface area contributed by atoms with Gasteiger partial charge in [-0.15, -0.1) is 23.5 Å². The zero-order valence-corrected chi connectivity index (χ0v) is 29.8. The van der Waals surface area contributed by atoms with Gasteiger partial charge >= 0.3 is 21.7 Å². The number of carboxylic acids is 2. The number of aliphatic carboxylic acids is 2. The van der Waals surface area contributed by atoms with Gasteiger partial charge in [0.2, 0.25) is 11.9 Å². The summed E-state index contributed by atoms with van der Waals surface area (Å²) >= 11 is 3.60. The number of aromatic nitrogens is 6. The minimum atomic E-state index is -1.26. The van der Waals surface area contributed by atoms with E-state index in [1.165, 1.54) is 27.7 Å². The van der Waals surface area contributed by atoms with Crippen LogP contribution in [0, 0.1) is 10.8 Å². The molecule has 0 saturated carbocycles. The molecule has 6 heterocycles. The predicted octanol–water partition coefficient (Wildman–Crippen LogP) is -0.423. The van der Waals surface area contributed by atoms with Crippen molar-refractivity contribution in [2.24, 2.45) is 10.8 Å². The van der Waals surface area contributed by atoms with Crippen molar-refractivity contribution in [3.63, 3.8) is 0 Å². The first-order valence-electron chi connectivity index (χ1n) is 14.4. The normalized spacial score (nSPS) is 24.0. The molecule has 6 atom stereocenters. The summed E-state index contributed by atoms with van der Waals surface area (Å²) in [5.41, 5.74) is 6.17. The highest BCUT2D eigenvalue weighted by Crippen LogP contribution is 2.49. The predicted molar refractivity (Wildman–Crippen MR) is 185 cm³/mol. The lowest BCUT2D eigenvalue weighted by Crippen LogP contribution is -2.40. The number of thioether (sulfide) groups is 2. The first-order valence-corrected chi connectivity index (χ1v) is 18.0. The summed E-state index contributed by atoms with van der Waals surface area (Å²) in [6.45, 7) is 5.35. The van der Waals surface area contributed by atoms with Crippen LogP contribution in [0.3, 0.4) is 0 Å². The van der Waals surface area contributed by atoms with E-state index in [1.54, 1.807) is 0 Å². The van der Waals surface area contributed by atoms with Crippen LogP contribution in [0.15, 0.2) is 19.2 Å². The van der Waals surface area contributed by atoms with Crippen molar-refractivity contribution in [1.29, 1.82) is 0 Å². The van der Waals surface area contributed by atoms with Gasteiger partial charge in [-0.25, -0.2) is 0 Å². The maximum Gasteiger partial charge on any atom is 0.311 e. The van der Waals surface area contributed by atoms with Gasteiger partial charge in [-0.05, 0) is 27.7 Å². The van der Waals surface area contributed by atoms with Crippen molar-refractivity contribution in [2.45, 2.75) is 61.5 Å². The Morgan fingerprint density at radius 3 is 1.38 bits per heavy atom. The Bertz CT molecular complexity index is 2050. The molecule has 2 saturated heterocycles. The number of H-pyrrole nitrogens is 2. The fraction of sp³-hybridized carbons (Fsp3) is 0.538. The molecule has 6 rings (SSSR count). The maximum atomic E-state index is 12.5. The average Bonchev–Trinajstić information content (AvgIpc) is 3.80. The Morgan fingerprint density at radius 1 is 0.740 bits per heavy atom. The number of fused-ring (bicyclic) bond motifs is 2. The molecule has 0 unspecified atom stereocenters. The number of carbonyl (C=O) groups is 2. The first kappa shape index (κ1) is 37.5. The van der Waals surface area contributed by atoms with Crippen molar-refractivity contribution in [1.82, 2.24) is 29.1 Å². The molecule has 0 radical (unpaired) electrons. The van der Waals surface area contributed by atoms with E-state index in [9.17, 15) is 49.2 Å². The van der Waals surface area contributed by atoms with Gasteiger partial charge in [0.1, 0.15) is 20.3 Å². The van der Waals surface area contributed by atoms with Gasteiger partial charge in [-0.2, -0.15) is 9.97 Å². The smallest absolute Gasteiger partial charge is 0.311 e. The molecule has 20 nitrogen and oxygen atoms in total. The molecule has 10 N–H and O–H groups in total. The van der Waals surface area contributed by atoms with Crippen molar-refractivity contribution < 1.29 is 39.5 Å². The highest BCUT2D eigenvalue weighted by molar-refractivity contribution is 8.00. The van der Waals surface area contributed by atoms with Crippen LogP contribution in [0.5, 0.6) is 0 Å². The van der Waals surface area contributed by atoms with E-state index in [0.29, 0.717) is 22.7 Å². The van der Waals surface area contributed by atoms with Crippen LogP contribution in [0.1, 0.15) is 40.2 Å². The number of hydrogen-bond donors (Lipinski definition) is 8. The fourth-order valence-electron chi connectivity index (χ4n) is 5.18. The van der Waals surface area contributed by atoms with Crippen LogP contribution in [0.2, 0.25) is 0 Å². The number of nitrogens with zero attached hydrogens (tertiary/aromatic N) is 4. The molecule has 272 valence electrons. The van der Waals surface area contributed by atoms with Crippen LogP contribution < -0.4 is 32.3 Å². The second-order valence-corrected chi connectivity index (χ2v) is 16.7. The Balaban J connectivity index is 0.000000194. The molecular formula is C26H32N8O12S4. The third-order valence-electron chi connectivity index (χ3n) is 8.01. The number of nitrogen functional groups attached to an aromatic ring is 2. The average molecular weight is 777 g/mol. The lowest BCUT2D eigenvalue weighted by atomic mass is 9.88. The molecule has 0 spiro atoms. The van der Waals surface area contributed by atoms with Crippen LogP contribution in [0.4, 0.5) is 11.9 Å². The van der Waals surface area contributed by atoms with Gasteiger partial charge in [-0.3, -0.25) is 47.9 Å². The number of aromatic amines is 2. The topological polar surface area (TPSA) is 321 Å². The largest absolute Gasteiger partial charge is 0.481 e. The SMILES string of the molecule is CC(C)(C(=O)O)[C@@H]1S[C@@H](CO)O[C@H]1n1c(=O)sc2c(=O)[nH]c(N)nc21.CC(C)(C(=O)O)[C@H]1S[C@@H](CO)O[C@@H]1n1c(=O)sc2c(=O)[nH]c(N)nc21. The first-order chi connectivity index (χ1) is 23.3. The lowest BCUT2D eigenvalue weighted by Gasteiger charge is -2.29. The molecule has 50 heavy (non-hydrogen) atoms. The third kappa shape index (κ3) is 6.56. The number of hydrogen-bond acceptors (Lipinski definition) is 18. The Morgan fingerprint density at radius 2 is 1.08 bits per heavy atom. The molecule has 0 bridgehead atoms. The highest BCUT2D eigenvalue weighted by atomic mass is 32.2. The lowest BCUT2D eigenvalue weighted by molar-refractivity contribution is -0.150. The van der Waals surface area contributed by atoms with Crippen LogP contribution in [0.25, 0.3) is 20.7 Å². The van der Waals surface area contributed by atoms with E-state index in [2.05, 4.69) is 19.9 Å². The fourth-order valence-corrected chi connectivity index (χ4v) is 9.57. The van der Waals surface area contributed by atoms with Crippen molar-refractivity contribution in [3.05, 3.63) is 40.0 Å². The van der Waals surface area contributed by atoms with Gasteiger partial charge < -0.3 is 41.4 Å². The molecule has 2 aliphatic heterocycles. The maximum absolute atomic E-state index is 12.5. The van der Waals surface area contributed by atoms with E-state index in [-0.39, 0.29) is 45.8 Å². The number of rotatable bonds is 8. The number of nitrogens with one attached hydrogen (secondary N) is 2. The summed E-state index contributed by atoms with van der Waals surface area (Å²) in [5, 5.41) is 36.5. The Labute approximate surface area is 295 Å². The summed E-state index contributed by atoms with van der Waals surface area (Å²) < 4.78 is 13.8. The Kier molecular flexibility index (Phi) is 10.3. The number of ether oxygens (including phenoxy) is 2. The molecule has 0 aliphatic carbocycles. The van der Waals surface area contributed by atoms with Gasteiger partial charge in [0.25, 0.3) is 11.1 Å². The number of aliphatic hydroxyl groups excluding tert-OH is 2. The molecular weight excluding hydrogens is 745 g/mol. The van der Waals surface area contributed by atoms with Gasteiger partial charge in [0.05, 0.1) is 34.5 Å². The van der Waals surface area contributed by atoms with E-state index in [1.807, 2.05) is 0 Å². The summed E-state index contributed by atoms with van der Waals surface area (Å²) in [4.78, 5) is 83.9. The van der Waals surface area contributed by atoms with Crippen molar-refractivity contribution in [3.8, 4) is 0 Å².